The fourth-order valence-corrected chi connectivity index (χ4v) is 5.68. The fraction of sp³-hybridized carbons (Fsp3) is 0.435. The number of rotatable bonds is 7. The number of morpholine rings is 1. The molecule has 0 saturated carbocycles. The molecule has 0 aliphatic carbocycles. The van der Waals surface area contributed by atoms with Gasteiger partial charge in [-0.25, -0.2) is 8.42 Å². The molecule has 2 aromatic rings. The first kappa shape index (κ1) is 22.7. The summed E-state index contributed by atoms with van der Waals surface area (Å²) in [4.78, 5) is 15.7. The normalized spacial score (nSPS) is 18.9. The quantitative estimate of drug-likeness (QED) is 0.685. The minimum atomic E-state index is -3.70. The fourth-order valence-electron chi connectivity index (χ4n) is 4.25. The van der Waals surface area contributed by atoms with Crippen LogP contribution in [0, 0.1) is 0 Å². The summed E-state index contributed by atoms with van der Waals surface area (Å²) in [6.45, 7) is 3.04. The van der Waals surface area contributed by atoms with Crippen LogP contribution in [0.1, 0.15) is 24.4 Å². The minimum Gasteiger partial charge on any atom is -0.495 e. The lowest BCUT2D eigenvalue weighted by Crippen LogP contribution is -2.40. The predicted octanol–water partition coefficient (Wildman–Crippen LogP) is 2.49. The van der Waals surface area contributed by atoms with E-state index in [9.17, 15) is 13.2 Å². The lowest BCUT2D eigenvalue weighted by atomic mass is 10.0. The number of sulfonamides is 1. The third kappa shape index (κ3) is 4.80. The molecule has 9 heteroatoms. The highest BCUT2D eigenvalue weighted by atomic mass is 32.2. The van der Waals surface area contributed by atoms with E-state index in [0.717, 1.165) is 31.5 Å². The lowest BCUT2D eigenvalue weighted by Gasteiger charge is -2.28. The number of likely N-dealkylation sites (tertiary alicyclic amines) is 1. The van der Waals surface area contributed by atoms with Gasteiger partial charge in [0.2, 0.25) is 15.9 Å². The number of methoxy groups -OCH3 is 1. The van der Waals surface area contributed by atoms with Crippen LogP contribution in [0.15, 0.2) is 53.4 Å². The molecule has 1 unspecified atom stereocenters. The largest absolute Gasteiger partial charge is 0.495 e. The number of ether oxygens (including phenoxy) is 2. The van der Waals surface area contributed by atoms with Crippen molar-refractivity contribution in [1.29, 1.82) is 0 Å². The molecule has 0 spiro atoms. The zero-order valence-electron chi connectivity index (χ0n) is 18.2. The van der Waals surface area contributed by atoms with Crippen molar-refractivity contribution in [2.75, 3.05) is 51.8 Å². The molecule has 2 saturated heterocycles. The zero-order valence-corrected chi connectivity index (χ0v) is 19.0. The number of nitrogens with one attached hydrogen (secondary N) is 1. The molecular weight excluding hydrogens is 430 g/mol. The molecule has 1 N–H and O–H groups in total. The summed E-state index contributed by atoms with van der Waals surface area (Å²) in [6.07, 6.45) is 2.10. The van der Waals surface area contributed by atoms with Crippen LogP contribution in [0.5, 0.6) is 5.75 Å². The van der Waals surface area contributed by atoms with E-state index in [1.165, 1.54) is 23.5 Å². The first-order valence-corrected chi connectivity index (χ1v) is 12.3. The molecule has 0 aromatic heterocycles. The predicted molar refractivity (Wildman–Crippen MR) is 121 cm³/mol. The molecule has 2 fully saturated rings. The van der Waals surface area contributed by atoms with Gasteiger partial charge in [-0.15, -0.1) is 0 Å². The smallest absolute Gasteiger partial charge is 0.246 e. The molecule has 2 aliphatic rings. The standard InChI is InChI=1S/C23H29N3O5S/c1-30-21-10-9-19(32(28,29)26-13-15-31-16-14-26)17-20(21)24-23(27)22(25-11-5-6-12-25)18-7-3-2-4-8-18/h2-4,7-10,17,22H,5-6,11-16H2,1H3,(H,24,27). The van der Waals surface area contributed by atoms with Crippen molar-refractivity contribution in [3.05, 3.63) is 54.1 Å². The van der Waals surface area contributed by atoms with Crippen molar-refractivity contribution < 1.29 is 22.7 Å². The summed E-state index contributed by atoms with van der Waals surface area (Å²) in [7, 11) is -2.20. The maximum absolute atomic E-state index is 13.4. The monoisotopic (exact) mass is 459 g/mol. The second-order valence-corrected chi connectivity index (χ2v) is 9.86. The van der Waals surface area contributed by atoms with Crippen molar-refractivity contribution in [3.63, 3.8) is 0 Å². The third-order valence-electron chi connectivity index (χ3n) is 5.91. The second kappa shape index (κ2) is 9.99. The number of hydrogen-bond donors (Lipinski definition) is 1. The number of nitrogens with zero attached hydrogens (tertiary/aromatic N) is 2. The topological polar surface area (TPSA) is 88.2 Å². The lowest BCUT2D eigenvalue weighted by molar-refractivity contribution is -0.121. The van der Waals surface area contributed by atoms with Gasteiger partial charge in [-0.1, -0.05) is 30.3 Å². The Hall–Kier alpha value is -2.46. The average molecular weight is 460 g/mol. The van der Waals surface area contributed by atoms with Gasteiger partial charge in [0.1, 0.15) is 11.8 Å². The van der Waals surface area contributed by atoms with Crippen molar-refractivity contribution in [2.24, 2.45) is 0 Å². The van der Waals surface area contributed by atoms with Crippen LogP contribution in [-0.2, 0) is 19.6 Å². The van der Waals surface area contributed by atoms with Crippen LogP contribution in [0.25, 0.3) is 0 Å². The summed E-state index contributed by atoms with van der Waals surface area (Å²) in [5.74, 6) is 0.199. The van der Waals surface area contributed by atoms with Gasteiger partial charge >= 0.3 is 0 Å². The van der Waals surface area contributed by atoms with Gasteiger partial charge in [0.15, 0.2) is 0 Å². The molecule has 2 aromatic carbocycles. The Bertz CT molecular complexity index is 1030. The average Bonchev–Trinajstić information content (AvgIpc) is 3.35. The molecule has 8 nitrogen and oxygen atoms in total. The first-order valence-electron chi connectivity index (χ1n) is 10.9. The molecule has 4 rings (SSSR count). The third-order valence-corrected chi connectivity index (χ3v) is 7.80. The molecule has 0 bridgehead atoms. The van der Waals surface area contributed by atoms with Crippen molar-refractivity contribution in [3.8, 4) is 5.75 Å². The van der Waals surface area contributed by atoms with Crippen molar-refractivity contribution in [2.45, 2.75) is 23.8 Å². The summed E-state index contributed by atoms with van der Waals surface area (Å²) in [5, 5.41) is 2.94. The van der Waals surface area contributed by atoms with E-state index >= 15 is 0 Å². The Morgan fingerprint density at radius 1 is 1.03 bits per heavy atom. The summed E-state index contributed by atoms with van der Waals surface area (Å²) in [5.41, 5.74) is 1.25. The van der Waals surface area contributed by atoms with Gasteiger partial charge in [-0.3, -0.25) is 9.69 Å². The maximum atomic E-state index is 13.4. The van der Waals surface area contributed by atoms with Crippen LogP contribution in [0.2, 0.25) is 0 Å². The molecule has 2 heterocycles. The van der Waals surface area contributed by atoms with Gasteiger partial charge in [0, 0.05) is 13.1 Å². The summed E-state index contributed by atoms with van der Waals surface area (Å²) in [6, 6.07) is 13.8. The molecular formula is C23H29N3O5S. The van der Waals surface area contributed by atoms with Gasteiger partial charge < -0.3 is 14.8 Å². The van der Waals surface area contributed by atoms with Gasteiger partial charge in [0.05, 0.1) is 30.9 Å². The number of hydrogen-bond acceptors (Lipinski definition) is 6. The van der Waals surface area contributed by atoms with Crippen LogP contribution >= 0.6 is 0 Å². The Morgan fingerprint density at radius 3 is 2.38 bits per heavy atom. The van der Waals surface area contributed by atoms with Gasteiger partial charge in [-0.2, -0.15) is 4.31 Å². The number of carbonyl (C=O) groups is 1. The van der Waals surface area contributed by atoms with E-state index in [0.29, 0.717) is 37.7 Å². The van der Waals surface area contributed by atoms with E-state index in [1.54, 1.807) is 6.07 Å². The highest BCUT2D eigenvalue weighted by Crippen LogP contribution is 2.32. The number of benzene rings is 2. The Labute approximate surface area is 189 Å². The molecule has 0 radical (unpaired) electrons. The van der Waals surface area contributed by atoms with E-state index < -0.39 is 16.1 Å². The first-order chi connectivity index (χ1) is 15.5. The van der Waals surface area contributed by atoms with Gasteiger partial charge in [-0.05, 0) is 49.7 Å². The SMILES string of the molecule is COc1ccc(S(=O)(=O)N2CCOCC2)cc1NC(=O)C(c1ccccc1)N1CCCC1. The van der Waals surface area contributed by atoms with Crippen LogP contribution in [-0.4, -0.2) is 70.0 Å². The highest BCUT2D eigenvalue weighted by molar-refractivity contribution is 7.89. The molecule has 172 valence electrons. The van der Waals surface area contributed by atoms with E-state index in [-0.39, 0.29) is 10.8 Å². The van der Waals surface area contributed by atoms with Crippen LogP contribution in [0.3, 0.4) is 0 Å². The zero-order chi connectivity index (χ0) is 22.6. The van der Waals surface area contributed by atoms with Crippen LogP contribution in [0.4, 0.5) is 5.69 Å². The molecule has 2 aliphatic heterocycles. The maximum Gasteiger partial charge on any atom is 0.246 e. The number of carbonyl (C=O) groups excluding carboxylic acids is 1. The van der Waals surface area contributed by atoms with Gasteiger partial charge in [0.25, 0.3) is 0 Å². The number of amides is 1. The van der Waals surface area contributed by atoms with E-state index in [4.69, 9.17) is 9.47 Å². The van der Waals surface area contributed by atoms with E-state index in [2.05, 4.69) is 10.2 Å². The summed E-state index contributed by atoms with van der Waals surface area (Å²) >= 11 is 0. The molecule has 32 heavy (non-hydrogen) atoms. The molecule has 1 atom stereocenters. The minimum absolute atomic E-state index is 0.118. The Kier molecular flexibility index (Phi) is 7.10. The Balaban J connectivity index is 1.63. The summed E-state index contributed by atoms with van der Waals surface area (Å²) < 4.78 is 38.3. The second-order valence-electron chi connectivity index (χ2n) is 7.92. The van der Waals surface area contributed by atoms with E-state index in [1.807, 2.05) is 30.3 Å². The molecule has 1 amide bonds. The van der Waals surface area contributed by atoms with Crippen molar-refractivity contribution >= 4 is 21.6 Å². The van der Waals surface area contributed by atoms with Crippen molar-refractivity contribution in [1.82, 2.24) is 9.21 Å². The Morgan fingerprint density at radius 2 is 1.72 bits per heavy atom. The number of anilines is 1. The van der Waals surface area contributed by atoms with Crippen LogP contribution < -0.4 is 10.1 Å². The highest BCUT2D eigenvalue weighted by Gasteiger charge is 2.31.